The third kappa shape index (κ3) is 32.1. The third-order valence-corrected chi connectivity index (χ3v) is 4.71. The minimum Gasteiger partial charge on any atom is -0.742 e. The van der Waals surface area contributed by atoms with Crippen molar-refractivity contribution in [2.45, 2.75) is 90.9 Å². The maximum absolute atomic E-state index is 10.6. The molecule has 28 heavy (non-hydrogen) atoms. The first kappa shape index (κ1) is 36.8. The van der Waals surface area contributed by atoms with Gasteiger partial charge in [-0.2, -0.15) is 0 Å². The summed E-state index contributed by atoms with van der Waals surface area (Å²) < 4.78 is 64.5. The molecule has 158 valence electrons. The van der Waals surface area contributed by atoms with Crippen LogP contribution in [0.3, 0.4) is 0 Å². The van der Waals surface area contributed by atoms with Crippen molar-refractivity contribution in [3.05, 3.63) is 0 Å². The van der Waals surface area contributed by atoms with Crippen molar-refractivity contribution in [2.75, 3.05) is 6.61 Å². The van der Waals surface area contributed by atoms with E-state index in [2.05, 4.69) is 18.0 Å². The Morgan fingerprint density at radius 1 is 0.714 bits per heavy atom. The third-order valence-electron chi connectivity index (χ3n) is 3.49. The van der Waals surface area contributed by atoms with Crippen LogP contribution in [-0.2, 0) is 29.5 Å². The fraction of sp³-hybridized carbons (Fsp3) is 0.938. The quantitative estimate of drug-likeness (QED) is 0.117. The van der Waals surface area contributed by atoms with E-state index in [4.69, 9.17) is 0 Å². The molecule has 12 heteroatoms. The molecule has 0 fully saturated rings. The molecule has 0 aliphatic heterocycles. The molecule has 0 spiro atoms. The number of unbranched alkanes of at least 4 members (excludes halogenated alkanes) is 9. The molecule has 0 bridgehead atoms. The van der Waals surface area contributed by atoms with Crippen LogP contribution in [0.15, 0.2) is 0 Å². The second-order valence-corrected chi connectivity index (χ2v) is 8.40. The van der Waals surface area contributed by atoms with Gasteiger partial charge in [0.25, 0.3) is 0 Å². The normalized spacial score (nSPS) is 10.9. The molecule has 0 N–H and O–H groups in total. The number of rotatable bonds is 14. The summed E-state index contributed by atoms with van der Waals surface area (Å²) in [5, 5.41) is -1.18. The summed E-state index contributed by atoms with van der Waals surface area (Å²) in [5.41, 5.74) is 0. The Labute approximate surface area is 215 Å². The predicted molar refractivity (Wildman–Crippen MR) is 97.1 cm³/mol. The van der Waals surface area contributed by atoms with E-state index in [-0.39, 0.29) is 72.1 Å². The molecular formula is C16H32Na2O8S2. The van der Waals surface area contributed by atoms with Crippen LogP contribution < -0.4 is 59.1 Å². The summed E-state index contributed by atoms with van der Waals surface area (Å²) >= 11 is 0. The monoisotopic (exact) mass is 462 g/mol. The maximum Gasteiger partial charge on any atom is 1.00 e. The largest absolute Gasteiger partial charge is 1.00 e. The van der Waals surface area contributed by atoms with Crippen molar-refractivity contribution in [3.8, 4) is 0 Å². The van der Waals surface area contributed by atoms with Gasteiger partial charge in [-0.05, 0) is 12.8 Å². The van der Waals surface area contributed by atoms with Gasteiger partial charge in [-0.3, -0.25) is 8.98 Å². The first-order chi connectivity index (χ1) is 12.0. The Bertz CT molecular complexity index is 551. The molecule has 0 aromatic carbocycles. The summed E-state index contributed by atoms with van der Waals surface area (Å²) in [6.45, 7) is 4.22. The van der Waals surface area contributed by atoms with Gasteiger partial charge in [-0.25, -0.2) is 16.8 Å². The zero-order valence-corrected chi connectivity index (χ0v) is 23.4. The standard InChI is InChI=1S/C8H18O4S.C8H16O4S.2Na/c1-2-3-4-5-6-7-8-12-13(9,10)11;1-2-3-4-5-6-7-8(9)13(10,11)12;;/h2-8H2,1H3,(H,9,10,11);2-7H2,1H3,(H,10,11,12);;/q;;2*+1/p-2. The average molecular weight is 463 g/mol. The topological polar surface area (TPSA) is 141 Å². The van der Waals surface area contributed by atoms with E-state index in [1.54, 1.807) is 0 Å². The molecule has 0 heterocycles. The van der Waals surface area contributed by atoms with Crippen LogP contribution in [0.4, 0.5) is 0 Å². The van der Waals surface area contributed by atoms with Gasteiger partial charge in [-0.1, -0.05) is 71.6 Å². The summed E-state index contributed by atoms with van der Waals surface area (Å²) in [4.78, 5) is 10.6. The second kappa shape index (κ2) is 23.1. The van der Waals surface area contributed by atoms with E-state index < -0.39 is 25.6 Å². The van der Waals surface area contributed by atoms with Crippen LogP contribution in [0.2, 0.25) is 0 Å². The van der Waals surface area contributed by atoms with Gasteiger partial charge >= 0.3 is 59.1 Å². The van der Waals surface area contributed by atoms with Gasteiger partial charge in [0.05, 0.1) is 6.61 Å². The fourth-order valence-corrected chi connectivity index (χ4v) is 2.76. The molecule has 8 nitrogen and oxygen atoms in total. The molecule has 0 aliphatic carbocycles. The SMILES string of the molecule is CCCCCCCC(=O)S(=O)(=O)[O-].CCCCCCCCOS(=O)(=O)[O-].[Na+].[Na+]. The number of hydrogen-bond acceptors (Lipinski definition) is 8. The number of carbonyl (C=O) groups excluding carboxylic acids is 1. The van der Waals surface area contributed by atoms with E-state index in [1.165, 1.54) is 19.3 Å². The Balaban J connectivity index is -0.000000192. The second-order valence-electron chi connectivity index (χ2n) is 5.99. The molecule has 0 aromatic heterocycles. The van der Waals surface area contributed by atoms with Gasteiger partial charge in [0, 0.05) is 6.42 Å². The molecule has 0 saturated heterocycles. The fourth-order valence-electron chi connectivity index (χ4n) is 2.04. The smallest absolute Gasteiger partial charge is 0.742 e. The Hall–Kier alpha value is 1.45. The number of hydrogen-bond donors (Lipinski definition) is 0. The summed E-state index contributed by atoms with van der Waals surface area (Å²) in [6, 6.07) is 0. The van der Waals surface area contributed by atoms with Crippen molar-refractivity contribution >= 4 is 25.6 Å². The summed E-state index contributed by atoms with van der Waals surface area (Å²) in [6.07, 6.45) is 10.6. The van der Waals surface area contributed by atoms with Crippen LogP contribution in [0.1, 0.15) is 90.9 Å². The Morgan fingerprint density at radius 3 is 1.50 bits per heavy atom. The summed E-state index contributed by atoms with van der Waals surface area (Å²) in [7, 11) is -9.16. The van der Waals surface area contributed by atoms with Crippen LogP contribution in [0.25, 0.3) is 0 Å². The van der Waals surface area contributed by atoms with Crippen molar-refractivity contribution < 1.29 is 94.0 Å². The molecule has 0 rings (SSSR count). The van der Waals surface area contributed by atoms with Crippen molar-refractivity contribution in [1.29, 1.82) is 0 Å². The minimum atomic E-state index is -4.68. The maximum atomic E-state index is 10.6. The zero-order valence-electron chi connectivity index (χ0n) is 17.8. The van der Waals surface area contributed by atoms with Crippen LogP contribution in [-0.4, -0.2) is 37.7 Å². The van der Waals surface area contributed by atoms with Crippen molar-refractivity contribution in [2.24, 2.45) is 0 Å². The van der Waals surface area contributed by atoms with Crippen LogP contribution in [0, 0.1) is 0 Å². The van der Waals surface area contributed by atoms with E-state index in [0.717, 1.165) is 38.5 Å². The van der Waals surface area contributed by atoms with Gasteiger partial charge in [0.1, 0.15) is 0 Å². The van der Waals surface area contributed by atoms with Crippen LogP contribution >= 0.6 is 0 Å². The molecule has 0 unspecified atom stereocenters. The van der Waals surface area contributed by atoms with Gasteiger partial charge in [0.2, 0.25) is 15.5 Å². The molecule has 0 saturated carbocycles. The average Bonchev–Trinajstić information content (AvgIpc) is 2.52. The van der Waals surface area contributed by atoms with Crippen molar-refractivity contribution in [3.63, 3.8) is 0 Å². The first-order valence-electron chi connectivity index (χ1n) is 9.13. The molecule has 0 aliphatic rings. The van der Waals surface area contributed by atoms with E-state index >= 15 is 0 Å². The van der Waals surface area contributed by atoms with Crippen molar-refractivity contribution in [1.82, 2.24) is 0 Å². The van der Waals surface area contributed by atoms with E-state index in [1.807, 2.05) is 0 Å². The van der Waals surface area contributed by atoms with Gasteiger partial charge in [0.15, 0.2) is 10.1 Å². The zero-order chi connectivity index (χ0) is 20.5. The minimum absolute atomic E-state index is 0. The first-order valence-corrected chi connectivity index (χ1v) is 11.9. The van der Waals surface area contributed by atoms with E-state index in [9.17, 15) is 30.7 Å². The molecule has 0 aromatic rings. The molecular weight excluding hydrogens is 430 g/mol. The Morgan fingerprint density at radius 2 is 1.11 bits per heavy atom. The predicted octanol–water partition coefficient (Wildman–Crippen LogP) is -2.75. The number of carbonyl (C=O) groups is 1. The van der Waals surface area contributed by atoms with Gasteiger partial charge in [-0.15, -0.1) is 0 Å². The Kier molecular flexibility index (Phi) is 30.4. The molecule has 0 radical (unpaired) electrons. The summed E-state index contributed by atoms with van der Waals surface area (Å²) in [5.74, 6) is 0. The van der Waals surface area contributed by atoms with E-state index in [0.29, 0.717) is 12.8 Å². The molecule has 0 atom stereocenters. The van der Waals surface area contributed by atoms with Gasteiger partial charge < -0.3 is 9.11 Å². The van der Waals surface area contributed by atoms with Crippen LogP contribution in [0.5, 0.6) is 0 Å². The molecule has 0 amide bonds.